The van der Waals surface area contributed by atoms with E-state index in [-0.39, 0.29) is 17.3 Å². The van der Waals surface area contributed by atoms with E-state index in [9.17, 15) is 4.79 Å². The van der Waals surface area contributed by atoms with E-state index in [4.69, 9.17) is 15.5 Å². The number of Topliss-reactive ketones (excluding diaryl/α,β-unsaturated/α-hetero) is 1. The Morgan fingerprint density at radius 1 is 1.29 bits per heavy atom. The number of nitrogens with one attached hydrogen (secondary N) is 1. The van der Waals surface area contributed by atoms with Crippen molar-refractivity contribution in [3.8, 4) is 5.75 Å². The van der Waals surface area contributed by atoms with E-state index >= 15 is 0 Å². The summed E-state index contributed by atoms with van der Waals surface area (Å²) < 4.78 is 6.17. The van der Waals surface area contributed by atoms with Crippen LogP contribution < -0.4 is 16.1 Å². The molecule has 1 heterocycles. The van der Waals surface area contributed by atoms with Gasteiger partial charge in [0.25, 0.3) is 0 Å². The highest BCUT2D eigenvalue weighted by atomic mass is 16.6. The quantitative estimate of drug-likeness (QED) is 0.811. The summed E-state index contributed by atoms with van der Waals surface area (Å²) in [6, 6.07) is 5.90. The third kappa shape index (κ3) is 3.21. The lowest BCUT2D eigenvalue weighted by Gasteiger charge is -2.46. The van der Waals surface area contributed by atoms with Gasteiger partial charge in [-0.2, -0.15) is 5.90 Å². The molecule has 3 rings (SSSR count). The van der Waals surface area contributed by atoms with Gasteiger partial charge < -0.3 is 14.9 Å². The topological polar surface area (TPSA) is 73.6 Å². The Balaban J connectivity index is 2.04. The first kappa shape index (κ1) is 17.4. The molecule has 1 saturated heterocycles. The Morgan fingerprint density at radius 3 is 2.58 bits per heavy atom. The van der Waals surface area contributed by atoms with Gasteiger partial charge in [-0.05, 0) is 76.3 Å². The van der Waals surface area contributed by atoms with Crippen molar-refractivity contribution >= 4 is 5.78 Å². The van der Waals surface area contributed by atoms with E-state index in [1.54, 1.807) is 0 Å². The summed E-state index contributed by atoms with van der Waals surface area (Å²) in [7, 11) is 1.84. The molecule has 5 nitrogen and oxygen atoms in total. The highest BCUT2D eigenvalue weighted by Gasteiger charge is 2.50. The van der Waals surface area contributed by atoms with Crippen LogP contribution in [0.2, 0.25) is 0 Å². The smallest absolute Gasteiger partial charge is 0.173 e. The van der Waals surface area contributed by atoms with E-state index in [0.29, 0.717) is 24.6 Å². The Hall–Kier alpha value is -1.43. The average molecular weight is 332 g/mol. The van der Waals surface area contributed by atoms with Crippen molar-refractivity contribution < 1.29 is 14.4 Å². The van der Waals surface area contributed by atoms with Gasteiger partial charge in [-0.3, -0.25) is 4.79 Å². The number of hydrogen-bond acceptors (Lipinski definition) is 5. The molecular weight excluding hydrogens is 304 g/mol. The molecule has 2 fully saturated rings. The van der Waals surface area contributed by atoms with E-state index in [1.165, 1.54) is 18.4 Å². The van der Waals surface area contributed by atoms with Gasteiger partial charge >= 0.3 is 0 Å². The third-order valence-electron chi connectivity index (χ3n) is 5.14. The Morgan fingerprint density at radius 2 is 2.00 bits per heavy atom. The van der Waals surface area contributed by atoms with Gasteiger partial charge in [-0.1, -0.05) is 6.07 Å². The highest BCUT2D eigenvalue weighted by Crippen LogP contribution is 2.48. The number of ketones is 1. The lowest BCUT2D eigenvalue weighted by molar-refractivity contribution is -0.182. The molecule has 0 aromatic heterocycles. The van der Waals surface area contributed by atoms with Gasteiger partial charge in [0.1, 0.15) is 11.4 Å². The maximum Gasteiger partial charge on any atom is 0.173 e. The first-order chi connectivity index (χ1) is 11.3. The van der Waals surface area contributed by atoms with Crippen LogP contribution in [-0.2, 0) is 9.53 Å². The Labute approximate surface area is 143 Å². The van der Waals surface area contributed by atoms with Crippen LogP contribution in [0.5, 0.6) is 5.75 Å². The van der Waals surface area contributed by atoms with E-state index in [2.05, 4.69) is 25.2 Å². The molecule has 1 aliphatic heterocycles. The van der Waals surface area contributed by atoms with Crippen molar-refractivity contribution in [2.45, 2.75) is 63.1 Å². The van der Waals surface area contributed by atoms with E-state index < -0.39 is 5.60 Å². The highest BCUT2D eigenvalue weighted by molar-refractivity contribution is 5.94. The number of hydrogen-bond donors (Lipinski definition) is 2. The molecular formula is C19H28N2O3. The summed E-state index contributed by atoms with van der Waals surface area (Å²) in [6.07, 6.45) is 3.04. The fraction of sp³-hybridized carbons (Fsp3) is 0.632. The van der Waals surface area contributed by atoms with Crippen molar-refractivity contribution in [2.24, 2.45) is 5.90 Å². The van der Waals surface area contributed by atoms with E-state index in [1.807, 2.05) is 26.1 Å². The fourth-order valence-electron chi connectivity index (χ4n) is 4.06. The second kappa shape index (κ2) is 6.14. The van der Waals surface area contributed by atoms with Crippen LogP contribution in [0.3, 0.4) is 0 Å². The zero-order chi connectivity index (χ0) is 17.5. The summed E-state index contributed by atoms with van der Waals surface area (Å²) in [5.41, 5.74) is 1.12. The number of likely N-dealkylation sites (N-methyl/N-ethyl adjacent to an activating group) is 1. The van der Waals surface area contributed by atoms with Gasteiger partial charge in [0.2, 0.25) is 0 Å². The predicted molar refractivity (Wildman–Crippen MR) is 93.1 cm³/mol. The molecule has 1 saturated carbocycles. The summed E-state index contributed by atoms with van der Waals surface area (Å²) in [5.74, 6) is 6.45. The van der Waals surface area contributed by atoms with Crippen molar-refractivity contribution in [1.29, 1.82) is 0 Å². The molecule has 3 N–H and O–H groups in total. The van der Waals surface area contributed by atoms with E-state index in [0.717, 1.165) is 5.56 Å². The molecule has 132 valence electrons. The van der Waals surface area contributed by atoms with Gasteiger partial charge in [-0.25, -0.2) is 0 Å². The van der Waals surface area contributed by atoms with Crippen molar-refractivity contribution in [3.63, 3.8) is 0 Å². The monoisotopic (exact) mass is 332 g/mol. The molecule has 0 amide bonds. The lowest BCUT2D eigenvalue weighted by atomic mass is 9.74. The maximum atomic E-state index is 13.3. The SMILES string of the molecule is CNCC1(C)OC(C)(C)CC(c2cc(ON)ccc2C2CC2)C1=O. The number of rotatable bonds is 5. The first-order valence-electron chi connectivity index (χ1n) is 8.69. The number of carbonyl (C=O) groups excluding carboxylic acids is 1. The van der Waals surface area contributed by atoms with Crippen LogP contribution in [0.25, 0.3) is 0 Å². The molecule has 1 aliphatic carbocycles. The summed E-state index contributed by atoms with van der Waals surface area (Å²) in [5, 5.41) is 3.10. The maximum absolute atomic E-state index is 13.3. The zero-order valence-electron chi connectivity index (χ0n) is 15.0. The molecule has 1 aromatic rings. The molecule has 24 heavy (non-hydrogen) atoms. The number of carbonyl (C=O) groups is 1. The Bertz CT molecular complexity index is 639. The lowest BCUT2D eigenvalue weighted by Crippen LogP contribution is -2.57. The fourth-order valence-corrected chi connectivity index (χ4v) is 4.06. The van der Waals surface area contributed by atoms with Gasteiger partial charge in [0.05, 0.1) is 5.60 Å². The van der Waals surface area contributed by atoms with Crippen LogP contribution in [-0.4, -0.2) is 30.6 Å². The van der Waals surface area contributed by atoms with Crippen LogP contribution in [0, 0.1) is 0 Å². The molecule has 0 bridgehead atoms. The molecule has 2 aliphatic rings. The van der Waals surface area contributed by atoms with Gasteiger partial charge in [0, 0.05) is 12.5 Å². The van der Waals surface area contributed by atoms with Crippen molar-refractivity contribution in [2.75, 3.05) is 13.6 Å². The molecule has 5 heteroatoms. The molecule has 0 radical (unpaired) electrons. The normalized spacial score (nSPS) is 29.5. The average Bonchev–Trinajstić information content (AvgIpc) is 3.35. The van der Waals surface area contributed by atoms with Crippen molar-refractivity contribution in [3.05, 3.63) is 29.3 Å². The minimum atomic E-state index is -0.832. The molecule has 2 atom stereocenters. The third-order valence-corrected chi connectivity index (χ3v) is 5.14. The van der Waals surface area contributed by atoms with Crippen LogP contribution in [0.4, 0.5) is 0 Å². The minimum absolute atomic E-state index is 0.132. The van der Waals surface area contributed by atoms with Gasteiger partial charge in [-0.15, -0.1) is 0 Å². The number of nitrogens with two attached hydrogens (primary N) is 1. The molecule has 2 unspecified atom stereocenters. The van der Waals surface area contributed by atoms with Crippen molar-refractivity contribution in [1.82, 2.24) is 5.32 Å². The summed E-state index contributed by atoms with van der Waals surface area (Å²) in [4.78, 5) is 18.2. The largest absolute Gasteiger partial charge is 0.412 e. The second-order valence-corrected chi connectivity index (χ2v) is 7.93. The van der Waals surface area contributed by atoms with Crippen LogP contribution in [0.15, 0.2) is 18.2 Å². The predicted octanol–water partition coefficient (Wildman–Crippen LogP) is 2.65. The van der Waals surface area contributed by atoms with Gasteiger partial charge in [0.15, 0.2) is 5.78 Å². The van der Waals surface area contributed by atoms with Crippen LogP contribution >= 0.6 is 0 Å². The second-order valence-electron chi connectivity index (χ2n) is 7.93. The van der Waals surface area contributed by atoms with Crippen LogP contribution in [0.1, 0.15) is 63.0 Å². The Kier molecular flexibility index (Phi) is 4.45. The summed E-state index contributed by atoms with van der Waals surface area (Å²) in [6.45, 7) is 6.50. The standard InChI is InChI=1S/C19H28N2O3/c1-18(2)10-16(17(22)19(3,24-18)11-21-4)15-9-13(23-20)7-8-14(15)12-5-6-12/h7-9,12,16,21H,5-6,10-11,20H2,1-4H3. The number of benzene rings is 1. The molecule has 1 aromatic carbocycles. The zero-order valence-corrected chi connectivity index (χ0v) is 15.0. The first-order valence-corrected chi connectivity index (χ1v) is 8.69. The number of ether oxygens (including phenoxy) is 1. The minimum Gasteiger partial charge on any atom is -0.412 e. The molecule has 0 spiro atoms. The summed E-state index contributed by atoms with van der Waals surface area (Å²) >= 11 is 0.